The van der Waals surface area contributed by atoms with Crippen molar-refractivity contribution in [2.75, 3.05) is 0 Å². The van der Waals surface area contributed by atoms with Gasteiger partial charge in [-0.1, -0.05) is 13.8 Å². The number of hydrogen-bond donors (Lipinski definition) is 1. The van der Waals surface area contributed by atoms with E-state index in [4.69, 9.17) is 4.74 Å². The van der Waals surface area contributed by atoms with Crippen molar-refractivity contribution in [2.45, 2.75) is 38.8 Å². The average molecular weight is 242 g/mol. The largest absolute Gasteiger partial charge is 0.351 e. The highest BCUT2D eigenvalue weighted by atomic mass is 19.1. The molecule has 2 rings (SSSR count). The lowest BCUT2D eigenvalue weighted by Crippen LogP contribution is -2.34. The van der Waals surface area contributed by atoms with E-state index in [0.29, 0.717) is 6.42 Å². The number of rotatable bonds is 2. The van der Waals surface area contributed by atoms with Gasteiger partial charge in [0, 0.05) is 18.2 Å². The standard InChI is InChI=1S/C11H15FN2O3/c1-3-7-6(2)9(12)10(17-7)14-5-4-8(15)13-11(14)16/h4-7,9-10H,3H2,1-2H3,(H,13,15,16)/t6?,7-,9+,10-/m1/s1. The number of hydrogen-bond acceptors (Lipinski definition) is 3. The first kappa shape index (κ1) is 12.0. The molecule has 1 aromatic heterocycles. The molecule has 1 saturated heterocycles. The zero-order chi connectivity index (χ0) is 12.6. The normalized spacial score (nSPS) is 32.9. The third kappa shape index (κ3) is 2.04. The van der Waals surface area contributed by atoms with Crippen LogP contribution in [0.5, 0.6) is 0 Å². The number of nitrogens with zero attached hydrogens (tertiary/aromatic N) is 1. The lowest BCUT2D eigenvalue weighted by molar-refractivity contribution is -0.0236. The van der Waals surface area contributed by atoms with Gasteiger partial charge in [-0.25, -0.2) is 9.18 Å². The highest BCUT2D eigenvalue weighted by Crippen LogP contribution is 2.36. The summed E-state index contributed by atoms with van der Waals surface area (Å²) < 4.78 is 20.6. The quantitative estimate of drug-likeness (QED) is 0.835. The van der Waals surface area contributed by atoms with Gasteiger partial charge in [-0.3, -0.25) is 14.3 Å². The summed E-state index contributed by atoms with van der Waals surface area (Å²) in [5.74, 6) is -0.260. The predicted molar refractivity (Wildman–Crippen MR) is 59.6 cm³/mol. The Morgan fingerprint density at radius 3 is 2.76 bits per heavy atom. The molecule has 1 aromatic rings. The Morgan fingerprint density at radius 2 is 2.24 bits per heavy atom. The molecule has 4 atom stereocenters. The van der Waals surface area contributed by atoms with Crippen LogP contribution >= 0.6 is 0 Å². The molecule has 0 spiro atoms. The monoisotopic (exact) mass is 242 g/mol. The van der Waals surface area contributed by atoms with Crippen molar-refractivity contribution in [1.29, 1.82) is 0 Å². The van der Waals surface area contributed by atoms with Crippen LogP contribution < -0.4 is 11.2 Å². The third-order valence-corrected chi connectivity index (χ3v) is 3.20. The molecule has 1 aliphatic heterocycles. The molecule has 94 valence electrons. The molecular formula is C11H15FN2O3. The Kier molecular flexibility index (Phi) is 3.15. The predicted octanol–water partition coefficient (Wildman–Crippen LogP) is 0.818. The van der Waals surface area contributed by atoms with Crippen LogP contribution in [-0.2, 0) is 4.74 Å². The van der Waals surface area contributed by atoms with Crippen molar-refractivity contribution in [3.05, 3.63) is 33.1 Å². The van der Waals surface area contributed by atoms with Crippen LogP contribution in [0.3, 0.4) is 0 Å². The molecule has 1 aliphatic rings. The average Bonchev–Trinajstić information content (AvgIpc) is 2.57. The number of aromatic nitrogens is 2. The van der Waals surface area contributed by atoms with Crippen LogP contribution in [0.4, 0.5) is 4.39 Å². The summed E-state index contributed by atoms with van der Waals surface area (Å²) >= 11 is 0. The smallest absolute Gasteiger partial charge is 0.330 e. The van der Waals surface area contributed by atoms with E-state index in [9.17, 15) is 14.0 Å². The highest BCUT2D eigenvalue weighted by molar-refractivity contribution is 4.91. The van der Waals surface area contributed by atoms with Crippen molar-refractivity contribution >= 4 is 0 Å². The first-order valence-electron chi connectivity index (χ1n) is 5.65. The van der Waals surface area contributed by atoms with Gasteiger partial charge in [0.2, 0.25) is 0 Å². The van der Waals surface area contributed by atoms with E-state index in [0.717, 1.165) is 4.57 Å². The summed E-state index contributed by atoms with van der Waals surface area (Å²) in [5.41, 5.74) is -1.14. The maximum Gasteiger partial charge on any atom is 0.330 e. The van der Waals surface area contributed by atoms with Crippen molar-refractivity contribution in [3.63, 3.8) is 0 Å². The van der Waals surface area contributed by atoms with Gasteiger partial charge in [0.05, 0.1) is 6.10 Å². The fourth-order valence-corrected chi connectivity index (χ4v) is 2.16. The molecule has 6 heteroatoms. The minimum Gasteiger partial charge on any atom is -0.351 e. The third-order valence-electron chi connectivity index (χ3n) is 3.20. The van der Waals surface area contributed by atoms with E-state index in [1.807, 2.05) is 6.92 Å². The van der Waals surface area contributed by atoms with Gasteiger partial charge < -0.3 is 4.74 Å². The molecule has 17 heavy (non-hydrogen) atoms. The molecule has 1 fully saturated rings. The van der Waals surface area contributed by atoms with E-state index in [1.54, 1.807) is 6.92 Å². The first-order chi connectivity index (χ1) is 8.04. The second-order valence-electron chi connectivity index (χ2n) is 4.29. The molecule has 0 radical (unpaired) electrons. The maximum absolute atomic E-state index is 14.0. The van der Waals surface area contributed by atoms with Gasteiger partial charge >= 0.3 is 5.69 Å². The Morgan fingerprint density at radius 1 is 1.53 bits per heavy atom. The van der Waals surface area contributed by atoms with E-state index < -0.39 is 23.6 Å². The number of alkyl halides is 1. The summed E-state index contributed by atoms with van der Waals surface area (Å²) in [7, 11) is 0. The molecule has 0 amide bonds. The van der Waals surface area contributed by atoms with E-state index in [1.165, 1.54) is 12.3 Å². The van der Waals surface area contributed by atoms with Gasteiger partial charge in [-0.15, -0.1) is 0 Å². The Hall–Kier alpha value is -1.43. The fourth-order valence-electron chi connectivity index (χ4n) is 2.16. The van der Waals surface area contributed by atoms with Crippen LogP contribution in [0.15, 0.2) is 21.9 Å². The van der Waals surface area contributed by atoms with Crippen LogP contribution in [0.25, 0.3) is 0 Å². The van der Waals surface area contributed by atoms with Gasteiger partial charge in [-0.05, 0) is 6.42 Å². The maximum atomic E-state index is 14.0. The molecule has 0 aliphatic carbocycles. The molecule has 0 saturated carbocycles. The summed E-state index contributed by atoms with van der Waals surface area (Å²) in [6.45, 7) is 3.67. The summed E-state index contributed by atoms with van der Waals surface area (Å²) in [4.78, 5) is 24.5. The summed E-state index contributed by atoms with van der Waals surface area (Å²) in [6.07, 6.45) is -0.434. The number of nitrogens with one attached hydrogen (secondary N) is 1. The van der Waals surface area contributed by atoms with E-state index in [2.05, 4.69) is 4.98 Å². The lowest BCUT2D eigenvalue weighted by Gasteiger charge is -2.15. The topological polar surface area (TPSA) is 64.1 Å². The molecule has 1 unspecified atom stereocenters. The number of halogens is 1. The van der Waals surface area contributed by atoms with Gasteiger partial charge in [-0.2, -0.15) is 0 Å². The Labute approximate surface area is 97.2 Å². The number of H-pyrrole nitrogens is 1. The molecule has 0 aromatic carbocycles. The van der Waals surface area contributed by atoms with Gasteiger partial charge in [0.25, 0.3) is 5.56 Å². The van der Waals surface area contributed by atoms with Crippen molar-refractivity contribution in [1.82, 2.24) is 9.55 Å². The van der Waals surface area contributed by atoms with Crippen LogP contribution in [0.1, 0.15) is 26.5 Å². The number of ether oxygens (including phenoxy) is 1. The highest BCUT2D eigenvalue weighted by Gasteiger charge is 2.42. The Balaban J connectivity index is 2.35. The lowest BCUT2D eigenvalue weighted by atomic mass is 10.00. The van der Waals surface area contributed by atoms with Crippen LogP contribution in [0.2, 0.25) is 0 Å². The van der Waals surface area contributed by atoms with E-state index >= 15 is 0 Å². The van der Waals surface area contributed by atoms with Crippen molar-refractivity contribution < 1.29 is 9.13 Å². The second kappa shape index (κ2) is 4.44. The molecule has 1 N–H and O–H groups in total. The minimum absolute atomic E-state index is 0.200. The SMILES string of the molecule is CC[C@H]1O[C@@H](n2ccc(=O)[nH]c2=O)[C@@H](F)C1C. The summed E-state index contributed by atoms with van der Waals surface area (Å²) in [5, 5.41) is 0. The van der Waals surface area contributed by atoms with Crippen LogP contribution in [0, 0.1) is 5.92 Å². The Bertz CT molecular complexity index is 510. The van der Waals surface area contributed by atoms with Gasteiger partial charge in [0.1, 0.15) is 0 Å². The fraction of sp³-hybridized carbons (Fsp3) is 0.636. The number of aromatic amines is 1. The van der Waals surface area contributed by atoms with Gasteiger partial charge in [0.15, 0.2) is 12.4 Å². The molecule has 2 heterocycles. The minimum atomic E-state index is -1.25. The zero-order valence-electron chi connectivity index (χ0n) is 9.72. The van der Waals surface area contributed by atoms with Crippen molar-refractivity contribution in [2.24, 2.45) is 5.92 Å². The second-order valence-corrected chi connectivity index (χ2v) is 4.29. The van der Waals surface area contributed by atoms with Crippen molar-refractivity contribution in [3.8, 4) is 0 Å². The van der Waals surface area contributed by atoms with E-state index in [-0.39, 0.29) is 12.0 Å². The molecular weight excluding hydrogens is 227 g/mol. The molecule has 0 bridgehead atoms. The molecule has 5 nitrogen and oxygen atoms in total. The van der Waals surface area contributed by atoms with Crippen LogP contribution in [-0.4, -0.2) is 21.8 Å². The zero-order valence-corrected chi connectivity index (χ0v) is 9.72. The first-order valence-corrected chi connectivity index (χ1v) is 5.65. The summed E-state index contributed by atoms with van der Waals surface area (Å²) in [6, 6.07) is 1.18.